The van der Waals surface area contributed by atoms with Crippen LogP contribution in [0.2, 0.25) is 0 Å². The summed E-state index contributed by atoms with van der Waals surface area (Å²) in [5.74, 6) is 0.407. The van der Waals surface area contributed by atoms with E-state index in [1.165, 1.54) is 0 Å². The van der Waals surface area contributed by atoms with Gasteiger partial charge in [0.2, 0.25) is 0 Å². The highest BCUT2D eigenvalue weighted by atomic mass is 16.2. The smallest absolute Gasteiger partial charge is 0.320 e. The van der Waals surface area contributed by atoms with Crippen LogP contribution in [0.3, 0.4) is 0 Å². The van der Waals surface area contributed by atoms with E-state index in [1.54, 1.807) is 12.3 Å². The van der Waals surface area contributed by atoms with E-state index in [1.807, 2.05) is 54.6 Å². The fourth-order valence-electron chi connectivity index (χ4n) is 2.17. The Balaban J connectivity index is 1.49. The van der Waals surface area contributed by atoms with Crippen molar-refractivity contribution in [3.8, 4) is 11.3 Å². The maximum Gasteiger partial charge on any atom is 0.320 e. The molecule has 0 bridgehead atoms. The molecule has 0 unspecified atom stereocenters. The summed E-state index contributed by atoms with van der Waals surface area (Å²) in [6.07, 6.45) is 2.41. The van der Waals surface area contributed by atoms with Crippen molar-refractivity contribution in [2.45, 2.75) is 6.42 Å². The second-order valence-corrected chi connectivity index (χ2v) is 5.12. The van der Waals surface area contributed by atoms with Crippen LogP contribution in [0.4, 0.5) is 10.6 Å². The van der Waals surface area contributed by atoms with Crippen molar-refractivity contribution in [1.82, 2.24) is 20.5 Å². The predicted octanol–water partition coefficient (Wildman–Crippen LogP) is 2.90. The largest absolute Gasteiger partial charge is 0.337 e. The number of hydrogen-bond donors (Lipinski definition) is 2. The molecule has 0 aliphatic carbocycles. The molecule has 0 fully saturated rings. The molecule has 0 radical (unpaired) electrons. The number of benzene rings is 1. The summed E-state index contributed by atoms with van der Waals surface area (Å²) in [5.41, 5.74) is 2.68. The van der Waals surface area contributed by atoms with E-state index in [0.717, 1.165) is 17.0 Å². The van der Waals surface area contributed by atoms with E-state index in [4.69, 9.17) is 0 Å². The number of nitrogens with zero attached hydrogens (tertiary/aromatic N) is 3. The normalized spacial score (nSPS) is 10.2. The first kappa shape index (κ1) is 15.6. The average Bonchev–Trinajstić information content (AvgIpc) is 2.64. The standard InChI is InChI=1S/C18H17N5O/c24-18(20-13-11-15-8-4-5-12-19-15)21-17-10-9-16(22-23-17)14-6-2-1-3-7-14/h1-10,12H,11,13H2,(H2,20,21,23,24). The third-order valence-electron chi connectivity index (χ3n) is 3.37. The number of pyridine rings is 1. The molecule has 2 N–H and O–H groups in total. The molecule has 3 aromatic rings. The molecule has 0 aliphatic heterocycles. The second kappa shape index (κ2) is 7.82. The van der Waals surface area contributed by atoms with Gasteiger partial charge < -0.3 is 5.32 Å². The van der Waals surface area contributed by atoms with Crippen LogP contribution >= 0.6 is 0 Å². The number of anilines is 1. The maximum atomic E-state index is 11.8. The zero-order valence-corrected chi connectivity index (χ0v) is 13.0. The molecule has 24 heavy (non-hydrogen) atoms. The van der Waals surface area contributed by atoms with Crippen molar-refractivity contribution in [2.75, 3.05) is 11.9 Å². The van der Waals surface area contributed by atoms with E-state index in [-0.39, 0.29) is 6.03 Å². The highest BCUT2D eigenvalue weighted by molar-refractivity contribution is 5.88. The summed E-state index contributed by atoms with van der Waals surface area (Å²) >= 11 is 0. The van der Waals surface area contributed by atoms with Gasteiger partial charge in [0.1, 0.15) is 0 Å². The predicted molar refractivity (Wildman–Crippen MR) is 92.4 cm³/mol. The molecule has 0 saturated heterocycles. The monoisotopic (exact) mass is 319 g/mol. The van der Waals surface area contributed by atoms with Crippen LogP contribution < -0.4 is 10.6 Å². The number of carbonyl (C=O) groups is 1. The van der Waals surface area contributed by atoms with Crippen LogP contribution in [0.25, 0.3) is 11.3 Å². The van der Waals surface area contributed by atoms with Crippen molar-refractivity contribution in [3.05, 3.63) is 72.6 Å². The van der Waals surface area contributed by atoms with Crippen LogP contribution in [0.5, 0.6) is 0 Å². The lowest BCUT2D eigenvalue weighted by Crippen LogP contribution is -2.31. The number of amides is 2. The molecule has 6 heteroatoms. The summed E-state index contributed by atoms with van der Waals surface area (Å²) in [5, 5.41) is 13.6. The lowest BCUT2D eigenvalue weighted by molar-refractivity contribution is 0.252. The molecule has 0 aliphatic rings. The number of carbonyl (C=O) groups excluding carboxylic acids is 1. The Morgan fingerprint density at radius 2 is 1.75 bits per heavy atom. The Hall–Kier alpha value is -3.28. The molecule has 2 heterocycles. The molecule has 3 rings (SSSR count). The number of aromatic nitrogens is 3. The third kappa shape index (κ3) is 4.36. The summed E-state index contributed by atoms with van der Waals surface area (Å²) in [6.45, 7) is 0.498. The minimum atomic E-state index is -0.312. The molecule has 2 amide bonds. The Labute approximate surface area is 140 Å². The number of rotatable bonds is 5. The molecule has 120 valence electrons. The summed E-state index contributed by atoms with van der Waals surface area (Å²) in [4.78, 5) is 16.1. The van der Waals surface area contributed by atoms with Crippen molar-refractivity contribution < 1.29 is 4.79 Å². The van der Waals surface area contributed by atoms with Gasteiger partial charge >= 0.3 is 6.03 Å². The quantitative estimate of drug-likeness (QED) is 0.758. The van der Waals surface area contributed by atoms with Gasteiger partial charge in [0.25, 0.3) is 0 Å². The van der Waals surface area contributed by atoms with Gasteiger partial charge in [0.05, 0.1) is 5.69 Å². The van der Waals surface area contributed by atoms with Gasteiger partial charge in [-0.3, -0.25) is 10.3 Å². The van der Waals surface area contributed by atoms with Crippen molar-refractivity contribution in [3.63, 3.8) is 0 Å². The van der Waals surface area contributed by atoms with Crippen LogP contribution in [0.1, 0.15) is 5.69 Å². The van der Waals surface area contributed by atoms with Crippen LogP contribution in [-0.2, 0) is 6.42 Å². The molecule has 1 aromatic carbocycles. The van der Waals surface area contributed by atoms with Gasteiger partial charge in [0.15, 0.2) is 5.82 Å². The fourth-order valence-corrected chi connectivity index (χ4v) is 2.17. The maximum absolute atomic E-state index is 11.8. The summed E-state index contributed by atoms with van der Waals surface area (Å²) < 4.78 is 0. The van der Waals surface area contributed by atoms with E-state index in [0.29, 0.717) is 18.8 Å². The van der Waals surface area contributed by atoms with E-state index in [2.05, 4.69) is 25.8 Å². The van der Waals surface area contributed by atoms with E-state index < -0.39 is 0 Å². The topological polar surface area (TPSA) is 79.8 Å². The Morgan fingerprint density at radius 1 is 0.917 bits per heavy atom. The Bertz CT molecular complexity index is 776. The minimum absolute atomic E-state index is 0.312. The molecule has 0 atom stereocenters. The first-order chi connectivity index (χ1) is 11.8. The molecule has 0 spiro atoms. The van der Waals surface area contributed by atoms with E-state index in [9.17, 15) is 4.79 Å². The average molecular weight is 319 g/mol. The van der Waals surface area contributed by atoms with Crippen molar-refractivity contribution in [2.24, 2.45) is 0 Å². The van der Waals surface area contributed by atoms with Gasteiger partial charge in [-0.25, -0.2) is 4.79 Å². The molecule has 0 saturated carbocycles. The van der Waals surface area contributed by atoms with Crippen LogP contribution in [0, 0.1) is 0 Å². The van der Waals surface area contributed by atoms with Crippen molar-refractivity contribution >= 4 is 11.8 Å². The van der Waals surface area contributed by atoms with Gasteiger partial charge in [-0.15, -0.1) is 10.2 Å². The second-order valence-electron chi connectivity index (χ2n) is 5.12. The fraction of sp³-hybridized carbons (Fsp3) is 0.111. The highest BCUT2D eigenvalue weighted by Gasteiger charge is 2.04. The number of urea groups is 1. The highest BCUT2D eigenvalue weighted by Crippen LogP contribution is 2.16. The first-order valence-electron chi connectivity index (χ1n) is 7.65. The molecular formula is C18H17N5O. The first-order valence-corrected chi connectivity index (χ1v) is 7.65. The molecule has 6 nitrogen and oxygen atoms in total. The Kier molecular flexibility index (Phi) is 5.09. The molecule has 2 aromatic heterocycles. The molecular weight excluding hydrogens is 302 g/mol. The lowest BCUT2D eigenvalue weighted by atomic mass is 10.1. The lowest BCUT2D eigenvalue weighted by Gasteiger charge is -2.07. The van der Waals surface area contributed by atoms with Crippen LogP contribution in [-0.4, -0.2) is 27.8 Å². The summed E-state index contributed by atoms with van der Waals surface area (Å²) in [6, 6.07) is 18.7. The van der Waals surface area contributed by atoms with Crippen molar-refractivity contribution in [1.29, 1.82) is 0 Å². The Morgan fingerprint density at radius 3 is 2.46 bits per heavy atom. The SMILES string of the molecule is O=C(NCCc1ccccn1)Nc1ccc(-c2ccccc2)nn1. The number of nitrogens with one attached hydrogen (secondary N) is 2. The third-order valence-corrected chi connectivity index (χ3v) is 3.37. The number of hydrogen-bond acceptors (Lipinski definition) is 4. The zero-order chi connectivity index (χ0) is 16.6. The van der Waals surface area contributed by atoms with Crippen LogP contribution in [0.15, 0.2) is 66.9 Å². The summed E-state index contributed by atoms with van der Waals surface area (Å²) in [7, 11) is 0. The van der Waals surface area contributed by atoms with E-state index >= 15 is 0 Å². The van der Waals surface area contributed by atoms with Gasteiger partial charge in [-0.1, -0.05) is 36.4 Å². The van der Waals surface area contributed by atoms with Gasteiger partial charge in [-0.2, -0.15) is 0 Å². The zero-order valence-electron chi connectivity index (χ0n) is 13.0. The van der Waals surface area contributed by atoms with Gasteiger partial charge in [0, 0.05) is 30.4 Å². The minimum Gasteiger partial charge on any atom is -0.337 e. The van der Waals surface area contributed by atoms with Gasteiger partial charge in [-0.05, 0) is 24.3 Å².